The molecule has 0 bridgehead atoms. The molecule has 0 fully saturated rings. The molecule has 0 aliphatic carbocycles. The second-order valence-corrected chi connectivity index (χ2v) is 6.43. The molecule has 0 aliphatic rings. The number of aromatic carboxylic acids is 1. The lowest BCUT2D eigenvalue weighted by atomic mass is 10.2. The van der Waals surface area contributed by atoms with Crippen LogP contribution in [0.4, 0.5) is 0 Å². The average Bonchev–Trinajstić information content (AvgIpc) is 2.99. The molecule has 0 spiro atoms. The summed E-state index contributed by atoms with van der Waals surface area (Å²) in [5.74, 6) is -0.862. The minimum Gasteiger partial charge on any atom is -0.478 e. The van der Waals surface area contributed by atoms with E-state index in [1.54, 1.807) is 11.9 Å². The Morgan fingerprint density at radius 1 is 1.38 bits per heavy atom. The molecule has 0 radical (unpaired) electrons. The van der Waals surface area contributed by atoms with E-state index < -0.39 is 11.5 Å². The first-order chi connectivity index (χ1) is 11.4. The van der Waals surface area contributed by atoms with Crippen LogP contribution < -0.4 is 5.56 Å². The maximum absolute atomic E-state index is 12.8. The lowest BCUT2D eigenvalue weighted by molar-refractivity contribution is -0.130. The van der Waals surface area contributed by atoms with Crippen molar-refractivity contribution in [2.75, 3.05) is 13.6 Å². The van der Waals surface area contributed by atoms with Gasteiger partial charge in [-0.2, -0.15) is 0 Å². The van der Waals surface area contributed by atoms with Crippen molar-refractivity contribution in [3.63, 3.8) is 0 Å². The third-order valence-electron chi connectivity index (χ3n) is 3.89. The zero-order valence-electron chi connectivity index (χ0n) is 14.0. The number of likely N-dealkylation sites (N-methyl/N-ethyl adjacent to an activating group) is 1. The van der Waals surface area contributed by atoms with E-state index in [0.29, 0.717) is 23.6 Å². The van der Waals surface area contributed by atoms with E-state index in [1.807, 2.05) is 13.8 Å². The molecule has 2 aromatic heterocycles. The molecule has 0 atom stereocenters. The smallest absolute Gasteiger partial charge is 0.337 e. The van der Waals surface area contributed by atoms with E-state index in [9.17, 15) is 19.5 Å². The van der Waals surface area contributed by atoms with Crippen LogP contribution in [-0.4, -0.2) is 45.0 Å². The lowest BCUT2D eigenvalue weighted by Gasteiger charge is -2.18. The van der Waals surface area contributed by atoms with Crippen LogP contribution >= 0.6 is 11.3 Å². The van der Waals surface area contributed by atoms with Gasteiger partial charge in [0.15, 0.2) is 0 Å². The average molecular weight is 351 g/mol. The van der Waals surface area contributed by atoms with Crippen molar-refractivity contribution in [1.29, 1.82) is 0 Å². The Hall–Kier alpha value is -2.22. The quantitative estimate of drug-likeness (QED) is 0.823. The number of rotatable bonds is 7. The highest BCUT2D eigenvalue weighted by Gasteiger charge is 2.21. The third kappa shape index (κ3) is 3.48. The highest BCUT2D eigenvalue weighted by atomic mass is 32.1. The second-order valence-electron chi connectivity index (χ2n) is 5.58. The molecular formula is C16H21N3O4S. The molecule has 0 aliphatic heterocycles. The summed E-state index contributed by atoms with van der Waals surface area (Å²) in [6.07, 6.45) is 2.35. The molecule has 0 saturated heterocycles. The Morgan fingerprint density at radius 3 is 2.67 bits per heavy atom. The number of carboxylic acids is 1. The number of amides is 1. The Morgan fingerprint density at radius 2 is 2.08 bits per heavy atom. The lowest BCUT2D eigenvalue weighted by Crippen LogP contribution is -2.36. The molecule has 130 valence electrons. The number of fused-ring (bicyclic) bond motifs is 1. The molecule has 8 heteroatoms. The summed E-state index contributed by atoms with van der Waals surface area (Å²) in [7, 11) is 1.70. The van der Waals surface area contributed by atoms with Crippen LogP contribution in [-0.2, 0) is 17.8 Å². The first kappa shape index (κ1) is 18.1. The zero-order valence-corrected chi connectivity index (χ0v) is 14.9. The fraction of sp³-hybridized carbons (Fsp3) is 0.500. The van der Waals surface area contributed by atoms with Crippen LogP contribution in [0.1, 0.15) is 42.9 Å². The summed E-state index contributed by atoms with van der Waals surface area (Å²) in [6.45, 7) is 4.39. The third-order valence-corrected chi connectivity index (χ3v) is 4.76. The summed E-state index contributed by atoms with van der Waals surface area (Å²) in [6, 6.07) is 0. The second kappa shape index (κ2) is 7.57. The van der Waals surface area contributed by atoms with Crippen molar-refractivity contribution >= 4 is 33.4 Å². The highest BCUT2D eigenvalue weighted by Crippen LogP contribution is 2.21. The van der Waals surface area contributed by atoms with Crippen molar-refractivity contribution in [2.24, 2.45) is 0 Å². The molecule has 24 heavy (non-hydrogen) atoms. The maximum atomic E-state index is 12.8. The normalized spacial score (nSPS) is 11.0. The van der Waals surface area contributed by atoms with Gasteiger partial charge in [0.25, 0.3) is 5.56 Å². The number of carbonyl (C=O) groups is 2. The first-order valence-corrected chi connectivity index (χ1v) is 8.76. The van der Waals surface area contributed by atoms with Gasteiger partial charge in [-0.1, -0.05) is 20.3 Å². The number of unbranched alkanes of at least 4 members (excludes halogenated alkanes) is 1. The van der Waals surface area contributed by atoms with E-state index in [1.165, 1.54) is 9.95 Å². The minimum absolute atomic E-state index is 0.0595. The van der Waals surface area contributed by atoms with Crippen LogP contribution in [0.15, 0.2) is 10.2 Å². The number of carbonyl (C=O) groups excluding carboxylic acids is 1. The SMILES string of the molecule is CCCCN(C)C(=O)Cn1c(CC)nc2scc(C(=O)O)c2c1=O. The standard InChI is InChI=1S/C16H21N3O4S/c1-4-6-7-18(3)12(20)8-19-11(5-2)17-14-13(15(19)21)10(9-24-14)16(22)23/h9H,4-8H2,1-3H3,(H,22,23). The zero-order chi connectivity index (χ0) is 17.9. The minimum atomic E-state index is -1.16. The van der Waals surface area contributed by atoms with Gasteiger partial charge in [-0.15, -0.1) is 11.3 Å². The van der Waals surface area contributed by atoms with Gasteiger partial charge in [-0.05, 0) is 6.42 Å². The number of nitrogens with zero attached hydrogens (tertiary/aromatic N) is 3. The predicted molar refractivity (Wildman–Crippen MR) is 92.8 cm³/mol. The van der Waals surface area contributed by atoms with Gasteiger partial charge < -0.3 is 10.0 Å². The van der Waals surface area contributed by atoms with Crippen molar-refractivity contribution in [3.05, 3.63) is 27.1 Å². The van der Waals surface area contributed by atoms with E-state index >= 15 is 0 Å². The van der Waals surface area contributed by atoms with Crippen LogP contribution in [0.3, 0.4) is 0 Å². The number of aromatic nitrogens is 2. The van der Waals surface area contributed by atoms with Crippen molar-refractivity contribution in [3.8, 4) is 0 Å². The van der Waals surface area contributed by atoms with Gasteiger partial charge >= 0.3 is 5.97 Å². The maximum Gasteiger partial charge on any atom is 0.337 e. The molecule has 7 nitrogen and oxygen atoms in total. The summed E-state index contributed by atoms with van der Waals surface area (Å²) in [5, 5.41) is 10.7. The topological polar surface area (TPSA) is 92.5 Å². The summed E-state index contributed by atoms with van der Waals surface area (Å²) in [5.41, 5.74) is -0.525. The monoisotopic (exact) mass is 351 g/mol. The van der Waals surface area contributed by atoms with E-state index in [0.717, 1.165) is 24.2 Å². The largest absolute Gasteiger partial charge is 0.478 e. The van der Waals surface area contributed by atoms with E-state index in [2.05, 4.69) is 4.98 Å². The number of carboxylic acid groups (broad SMARTS) is 1. The molecule has 0 unspecified atom stereocenters. The molecule has 0 saturated carbocycles. The van der Waals surface area contributed by atoms with Gasteiger partial charge in [0, 0.05) is 25.4 Å². The van der Waals surface area contributed by atoms with Gasteiger partial charge in [-0.3, -0.25) is 14.2 Å². The molecular weight excluding hydrogens is 330 g/mol. The van der Waals surface area contributed by atoms with E-state index in [4.69, 9.17) is 0 Å². The first-order valence-electron chi connectivity index (χ1n) is 7.88. The molecule has 0 aromatic carbocycles. The number of hydrogen-bond acceptors (Lipinski definition) is 5. The van der Waals surface area contributed by atoms with Gasteiger partial charge in [0.1, 0.15) is 17.2 Å². The summed E-state index contributed by atoms with van der Waals surface area (Å²) in [4.78, 5) is 42.8. The Kier molecular flexibility index (Phi) is 5.71. The summed E-state index contributed by atoms with van der Waals surface area (Å²) < 4.78 is 1.30. The van der Waals surface area contributed by atoms with E-state index in [-0.39, 0.29) is 23.4 Å². The molecule has 2 rings (SSSR count). The number of thiophene rings is 1. The Balaban J connectivity index is 2.46. The molecule has 1 N–H and O–H groups in total. The molecule has 2 heterocycles. The summed E-state index contributed by atoms with van der Waals surface area (Å²) >= 11 is 1.13. The number of hydrogen-bond donors (Lipinski definition) is 1. The molecule has 1 amide bonds. The predicted octanol–water partition coefficient (Wildman–Crippen LogP) is 1.98. The highest BCUT2D eigenvalue weighted by molar-refractivity contribution is 7.17. The van der Waals surface area contributed by atoms with Gasteiger partial charge in [0.05, 0.1) is 10.9 Å². The van der Waals surface area contributed by atoms with Crippen LogP contribution in [0, 0.1) is 0 Å². The Labute approximate surface area is 143 Å². The van der Waals surface area contributed by atoms with Crippen LogP contribution in [0.25, 0.3) is 10.2 Å². The van der Waals surface area contributed by atoms with Crippen molar-refractivity contribution in [2.45, 2.75) is 39.7 Å². The van der Waals surface area contributed by atoms with Gasteiger partial charge in [0.2, 0.25) is 5.91 Å². The fourth-order valence-corrected chi connectivity index (χ4v) is 3.35. The number of aryl methyl sites for hydroxylation is 1. The van der Waals surface area contributed by atoms with Crippen molar-refractivity contribution < 1.29 is 14.7 Å². The van der Waals surface area contributed by atoms with Crippen molar-refractivity contribution in [1.82, 2.24) is 14.5 Å². The van der Waals surface area contributed by atoms with Crippen LogP contribution in [0.2, 0.25) is 0 Å². The molecule has 2 aromatic rings. The van der Waals surface area contributed by atoms with Gasteiger partial charge in [-0.25, -0.2) is 9.78 Å². The fourth-order valence-electron chi connectivity index (χ4n) is 2.43. The van der Waals surface area contributed by atoms with Crippen LogP contribution in [0.5, 0.6) is 0 Å². The Bertz CT molecular complexity index is 825.